The minimum atomic E-state index is -0.782. The fourth-order valence-corrected chi connectivity index (χ4v) is 2.23. The van der Waals surface area contributed by atoms with Gasteiger partial charge in [-0.3, -0.25) is 14.5 Å². The van der Waals surface area contributed by atoms with Gasteiger partial charge in [0.15, 0.2) is 0 Å². The summed E-state index contributed by atoms with van der Waals surface area (Å²) in [5, 5.41) is 9.79. The Balaban J connectivity index is 2.38. The molecular formula is C10H13NO3. The van der Waals surface area contributed by atoms with Crippen molar-refractivity contribution in [1.29, 1.82) is 0 Å². The highest BCUT2D eigenvalue weighted by Gasteiger charge is 2.50. The van der Waals surface area contributed by atoms with Gasteiger partial charge in [-0.1, -0.05) is 6.08 Å². The van der Waals surface area contributed by atoms with E-state index >= 15 is 0 Å². The summed E-state index contributed by atoms with van der Waals surface area (Å²) in [5.74, 6) is -1.30. The highest BCUT2D eigenvalue weighted by molar-refractivity contribution is 6.05. The van der Waals surface area contributed by atoms with E-state index in [0.717, 1.165) is 10.5 Å². The van der Waals surface area contributed by atoms with Crippen LogP contribution in [0, 0.1) is 11.8 Å². The average Bonchev–Trinajstić information content (AvgIpc) is 2.38. The zero-order valence-electron chi connectivity index (χ0n) is 8.23. The molecule has 0 bridgehead atoms. The SMILES string of the molecule is CC1=CCC2C(=O)N(C)C(=O)C2C1O. The molecule has 76 valence electrons. The first-order chi connectivity index (χ1) is 6.54. The second kappa shape index (κ2) is 2.92. The second-order valence-electron chi connectivity index (χ2n) is 4.00. The van der Waals surface area contributed by atoms with Crippen LogP contribution in [0.5, 0.6) is 0 Å². The number of nitrogens with zero attached hydrogens (tertiary/aromatic N) is 1. The molecule has 1 aliphatic carbocycles. The number of rotatable bonds is 0. The molecule has 3 atom stereocenters. The number of likely N-dealkylation sites (tertiary alicyclic amines) is 1. The van der Waals surface area contributed by atoms with Gasteiger partial charge >= 0.3 is 0 Å². The van der Waals surface area contributed by atoms with Gasteiger partial charge < -0.3 is 5.11 Å². The highest BCUT2D eigenvalue weighted by Crippen LogP contribution is 2.37. The Morgan fingerprint density at radius 2 is 2.07 bits per heavy atom. The number of imide groups is 1. The van der Waals surface area contributed by atoms with Crippen molar-refractivity contribution in [2.75, 3.05) is 7.05 Å². The van der Waals surface area contributed by atoms with Gasteiger partial charge in [0, 0.05) is 7.05 Å². The largest absolute Gasteiger partial charge is 0.388 e. The Bertz CT molecular complexity index is 334. The number of allylic oxidation sites excluding steroid dienone is 1. The fourth-order valence-electron chi connectivity index (χ4n) is 2.23. The molecule has 0 aromatic rings. The monoisotopic (exact) mass is 195 g/mol. The van der Waals surface area contributed by atoms with Gasteiger partial charge in [0.05, 0.1) is 17.9 Å². The summed E-state index contributed by atoms with van der Waals surface area (Å²) in [6.07, 6.45) is 1.63. The van der Waals surface area contributed by atoms with Crippen LogP contribution in [-0.4, -0.2) is 35.0 Å². The number of amides is 2. The molecule has 1 fully saturated rings. The van der Waals surface area contributed by atoms with Crippen LogP contribution < -0.4 is 0 Å². The van der Waals surface area contributed by atoms with E-state index in [1.165, 1.54) is 7.05 Å². The van der Waals surface area contributed by atoms with Crippen LogP contribution in [0.1, 0.15) is 13.3 Å². The van der Waals surface area contributed by atoms with Crippen molar-refractivity contribution in [3.8, 4) is 0 Å². The topological polar surface area (TPSA) is 57.6 Å². The van der Waals surface area contributed by atoms with E-state index < -0.39 is 12.0 Å². The summed E-state index contributed by atoms with van der Waals surface area (Å²) >= 11 is 0. The lowest BCUT2D eigenvalue weighted by atomic mass is 9.79. The van der Waals surface area contributed by atoms with Gasteiger partial charge in [-0.05, 0) is 18.9 Å². The molecule has 1 heterocycles. The van der Waals surface area contributed by atoms with Crippen LogP contribution in [0.25, 0.3) is 0 Å². The lowest BCUT2D eigenvalue weighted by molar-refractivity contribution is -0.138. The minimum absolute atomic E-state index is 0.164. The van der Waals surface area contributed by atoms with Crippen molar-refractivity contribution in [1.82, 2.24) is 4.90 Å². The van der Waals surface area contributed by atoms with Crippen LogP contribution in [0.3, 0.4) is 0 Å². The third-order valence-corrected chi connectivity index (χ3v) is 3.20. The van der Waals surface area contributed by atoms with E-state index in [2.05, 4.69) is 0 Å². The molecular weight excluding hydrogens is 182 g/mol. The van der Waals surface area contributed by atoms with Crippen LogP contribution in [0.15, 0.2) is 11.6 Å². The molecule has 0 aromatic carbocycles. The molecule has 0 saturated carbocycles. The maximum Gasteiger partial charge on any atom is 0.235 e. The van der Waals surface area contributed by atoms with E-state index in [-0.39, 0.29) is 17.7 Å². The number of carbonyl (C=O) groups is 2. The van der Waals surface area contributed by atoms with Crippen LogP contribution in [-0.2, 0) is 9.59 Å². The lowest BCUT2D eigenvalue weighted by Crippen LogP contribution is -2.34. The molecule has 0 spiro atoms. The van der Waals surface area contributed by atoms with Gasteiger partial charge in [0.1, 0.15) is 0 Å². The summed E-state index contributed by atoms with van der Waals surface area (Å²) < 4.78 is 0. The van der Waals surface area contributed by atoms with E-state index in [4.69, 9.17) is 0 Å². The lowest BCUT2D eigenvalue weighted by Gasteiger charge is -2.25. The van der Waals surface area contributed by atoms with Gasteiger partial charge in [0.2, 0.25) is 11.8 Å². The molecule has 4 heteroatoms. The summed E-state index contributed by atoms with van der Waals surface area (Å²) in [6, 6.07) is 0. The Morgan fingerprint density at radius 3 is 2.71 bits per heavy atom. The summed E-state index contributed by atoms with van der Waals surface area (Å²) in [7, 11) is 1.48. The van der Waals surface area contributed by atoms with Gasteiger partial charge in [-0.15, -0.1) is 0 Å². The Hall–Kier alpha value is -1.16. The first-order valence-corrected chi connectivity index (χ1v) is 4.70. The first kappa shape index (κ1) is 9.40. The van der Waals surface area contributed by atoms with E-state index in [1.54, 1.807) is 6.92 Å². The number of hydrogen-bond donors (Lipinski definition) is 1. The first-order valence-electron chi connectivity index (χ1n) is 4.70. The van der Waals surface area contributed by atoms with E-state index in [0.29, 0.717) is 6.42 Å². The summed E-state index contributed by atoms with van der Waals surface area (Å²) in [4.78, 5) is 24.3. The zero-order chi connectivity index (χ0) is 10.5. The third kappa shape index (κ3) is 1.04. The minimum Gasteiger partial charge on any atom is -0.388 e. The highest BCUT2D eigenvalue weighted by atomic mass is 16.3. The van der Waals surface area contributed by atoms with Gasteiger partial charge in [-0.25, -0.2) is 0 Å². The van der Waals surface area contributed by atoms with Crippen molar-refractivity contribution in [2.24, 2.45) is 11.8 Å². The van der Waals surface area contributed by atoms with Crippen LogP contribution >= 0.6 is 0 Å². The summed E-state index contributed by atoms with van der Waals surface area (Å²) in [6.45, 7) is 1.79. The number of carbonyl (C=O) groups excluding carboxylic acids is 2. The molecule has 0 radical (unpaired) electrons. The molecule has 3 unspecified atom stereocenters. The van der Waals surface area contributed by atoms with Crippen LogP contribution in [0.4, 0.5) is 0 Å². The smallest absolute Gasteiger partial charge is 0.235 e. The van der Waals surface area contributed by atoms with Crippen molar-refractivity contribution in [3.05, 3.63) is 11.6 Å². The Labute approximate surface area is 82.2 Å². The van der Waals surface area contributed by atoms with Crippen molar-refractivity contribution < 1.29 is 14.7 Å². The molecule has 2 amide bonds. The predicted molar refractivity (Wildman–Crippen MR) is 49.1 cm³/mol. The maximum atomic E-state index is 11.6. The zero-order valence-corrected chi connectivity index (χ0v) is 8.23. The fraction of sp³-hybridized carbons (Fsp3) is 0.600. The predicted octanol–water partition coefficient (Wildman–Crippen LogP) is -0.0717. The van der Waals surface area contributed by atoms with E-state index in [9.17, 15) is 14.7 Å². The van der Waals surface area contributed by atoms with Crippen molar-refractivity contribution in [3.63, 3.8) is 0 Å². The average molecular weight is 195 g/mol. The third-order valence-electron chi connectivity index (χ3n) is 3.20. The Morgan fingerprint density at radius 1 is 1.43 bits per heavy atom. The molecule has 1 N–H and O–H groups in total. The van der Waals surface area contributed by atoms with Crippen LogP contribution in [0.2, 0.25) is 0 Å². The molecule has 1 saturated heterocycles. The number of aliphatic hydroxyl groups is 1. The molecule has 4 nitrogen and oxygen atoms in total. The molecule has 2 rings (SSSR count). The maximum absolute atomic E-state index is 11.6. The number of fused-ring (bicyclic) bond motifs is 1. The Kier molecular flexibility index (Phi) is 1.96. The van der Waals surface area contributed by atoms with Gasteiger partial charge in [0.25, 0.3) is 0 Å². The molecule has 2 aliphatic rings. The van der Waals surface area contributed by atoms with Gasteiger partial charge in [-0.2, -0.15) is 0 Å². The normalized spacial score (nSPS) is 37.2. The number of hydrogen-bond acceptors (Lipinski definition) is 3. The second-order valence-corrected chi connectivity index (χ2v) is 4.00. The molecule has 1 aliphatic heterocycles. The quantitative estimate of drug-likeness (QED) is 0.435. The van der Waals surface area contributed by atoms with Crippen molar-refractivity contribution >= 4 is 11.8 Å². The standard InChI is InChI=1S/C10H13NO3/c1-5-3-4-6-7(8(5)12)10(14)11(2)9(6)13/h3,6-8,12H,4H2,1-2H3. The number of aliphatic hydroxyl groups excluding tert-OH is 1. The molecule has 0 aromatic heterocycles. The van der Waals surface area contributed by atoms with E-state index in [1.807, 2.05) is 6.08 Å². The van der Waals surface area contributed by atoms with Crippen molar-refractivity contribution in [2.45, 2.75) is 19.4 Å². The molecule has 14 heavy (non-hydrogen) atoms. The summed E-state index contributed by atoms with van der Waals surface area (Å²) in [5.41, 5.74) is 0.794.